The van der Waals surface area contributed by atoms with Gasteiger partial charge < -0.3 is 0 Å². The maximum atomic E-state index is 2.45. The fourth-order valence-electron chi connectivity index (χ4n) is 2.59. The Hall–Kier alpha value is -0.260. The first-order valence-corrected chi connectivity index (χ1v) is 5.83. The Morgan fingerprint density at radius 3 is 2.54 bits per heavy atom. The predicted octanol–water partition coefficient (Wildman–Crippen LogP) is 4.27. The Morgan fingerprint density at radius 1 is 1.38 bits per heavy atom. The second-order valence-corrected chi connectivity index (χ2v) is 4.84. The average Bonchev–Trinajstić information content (AvgIpc) is 2.50. The van der Waals surface area contributed by atoms with Crippen LogP contribution in [0.3, 0.4) is 0 Å². The minimum absolute atomic E-state index is 0.849. The van der Waals surface area contributed by atoms with Gasteiger partial charge in [0.25, 0.3) is 0 Å². The molecule has 1 aliphatic rings. The third kappa shape index (κ3) is 2.59. The fourth-order valence-corrected chi connectivity index (χ4v) is 2.59. The molecule has 0 amide bonds. The van der Waals surface area contributed by atoms with Gasteiger partial charge in [-0.15, -0.1) is 0 Å². The molecule has 0 aromatic rings. The van der Waals surface area contributed by atoms with Gasteiger partial charge in [-0.3, -0.25) is 0 Å². The molecule has 0 aromatic heterocycles. The van der Waals surface area contributed by atoms with Crippen LogP contribution < -0.4 is 0 Å². The molecule has 1 aliphatic carbocycles. The van der Waals surface area contributed by atoms with Crippen LogP contribution >= 0.6 is 0 Å². The predicted molar refractivity (Wildman–Crippen MR) is 59.6 cm³/mol. The van der Waals surface area contributed by atoms with Gasteiger partial charge in [0.1, 0.15) is 0 Å². The zero-order valence-electron chi connectivity index (χ0n) is 9.59. The molecule has 4 atom stereocenters. The topological polar surface area (TPSA) is 0 Å². The van der Waals surface area contributed by atoms with E-state index in [1.54, 1.807) is 0 Å². The Balaban J connectivity index is 2.45. The third-order valence-electron chi connectivity index (χ3n) is 3.77. The first-order chi connectivity index (χ1) is 6.16. The molecule has 0 heterocycles. The van der Waals surface area contributed by atoms with E-state index in [2.05, 4.69) is 39.8 Å². The molecule has 0 saturated heterocycles. The van der Waals surface area contributed by atoms with Crippen molar-refractivity contribution in [2.45, 2.75) is 47.0 Å². The minimum atomic E-state index is 0.849. The van der Waals surface area contributed by atoms with Gasteiger partial charge in [0.15, 0.2) is 0 Å². The van der Waals surface area contributed by atoms with E-state index in [9.17, 15) is 0 Å². The van der Waals surface area contributed by atoms with E-state index in [4.69, 9.17) is 0 Å². The van der Waals surface area contributed by atoms with E-state index >= 15 is 0 Å². The highest BCUT2D eigenvalue weighted by Crippen LogP contribution is 2.35. The van der Waals surface area contributed by atoms with Crippen molar-refractivity contribution in [2.24, 2.45) is 23.7 Å². The highest BCUT2D eigenvalue weighted by Gasteiger charge is 2.27. The Morgan fingerprint density at radius 2 is 2.08 bits per heavy atom. The van der Waals surface area contributed by atoms with Crippen molar-refractivity contribution < 1.29 is 0 Å². The zero-order chi connectivity index (χ0) is 9.84. The normalized spacial score (nSPS) is 32.0. The van der Waals surface area contributed by atoms with Crippen LogP contribution in [0.2, 0.25) is 0 Å². The van der Waals surface area contributed by atoms with E-state index in [1.807, 2.05) is 0 Å². The van der Waals surface area contributed by atoms with Crippen LogP contribution in [0.1, 0.15) is 47.0 Å². The van der Waals surface area contributed by atoms with Crippen LogP contribution in [0.4, 0.5) is 0 Å². The van der Waals surface area contributed by atoms with Gasteiger partial charge in [0.2, 0.25) is 0 Å². The van der Waals surface area contributed by atoms with E-state index in [1.165, 1.54) is 19.3 Å². The van der Waals surface area contributed by atoms with Crippen molar-refractivity contribution in [2.75, 3.05) is 0 Å². The molecular weight excluding hydrogens is 156 g/mol. The molecule has 0 fully saturated rings. The van der Waals surface area contributed by atoms with Crippen LogP contribution in [0.15, 0.2) is 12.2 Å². The summed E-state index contributed by atoms with van der Waals surface area (Å²) in [7, 11) is 0. The molecular formula is C13H24. The summed E-state index contributed by atoms with van der Waals surface area (Å²) in [6.45, 7) is 9.52. The lowest BCUT2D eigenvalue weighted by atomic mass is 9.77. The Bertz CT molecular complexity index is 169. The summed E-state index contributed by atoms with van der Waals surface area (Å²) < 4.78 is 0. The summed E-state index contributed by atoms with van der Waals surface area (Å²) in [5.74, 6) is 3.49. The molecule has 1 rings (SSSR count). The van der Waals surface area contributed by atoms with Gasteiger partial charge in [-0.25, -0.2) is 0 Å². The zero-order valence-corrected chi connectivity index (χ0v) is 9.59. The molecule has 0 radical (unpaired) electrons. The van der Waals surface area contributed by atoms with Crippen LogP contribution in [-0.4, -0.2) is 0 Å². The van der Waals surface area contributed by atoms with Gasteiger partial charge in [0, 0.05) is 0 Å². The average molecular weight is 180 g/mol. The van der Waals surface area contributed by atoms with Crippen LogP contribution in [0.5, 0.6) is 0 Å². The number of hydrogen-bond acceptors (Lipinski definition) is 0. The van der Waals surface area contributed by atoms with Crippen molar-refractivity contribution in [1.29, 1.82) is 0 Å². The SMILES string of the molecule is CCCC(C)C(C)C1C=CCC1C. The van der Waals surface area contributed by atoms with Crippen LogP contribution in [0, 0.1) is 23.7 Å². The van der Waals surface area contributed by atoms with E-state index in [0.717, 1.165) is 23.7 Å². The molecule has 0 bridgehead atoms. The lowest BCUT2D eigenvalue weighted by molar-refractivity contribution is 0.241. The molecule has 13 heavy (non-hydrogen) atoms. The molecule has 0 nitrogen and oxygen atoms in total. The smallest absolute Gasteiger partial charge is 0.0177 e. The number of hydrogen-bond donors (Lipinski definition) is 0. The Kier molecular flexibility index (Phi) is 4.02. The highest BCUT2D eigenvalue weighted by atomic mass is 14.3. The molecule has 0 heteroatoms. The molecule has 4 unspecified atom stereocenters. The summed E-state index contributed by atoms with van der Waals surface area (Å²) >= 11 is 0. The summed E-state index contributed by atoms with van der Waals surface area (Å²) in [6.07, 6.45) is 8.83. The molecule has 0 N–H and O–H groups in total. The standard InChI is InChI=1S/C13H24/c1-5-7-10(2)12(4)13-9-6-8-11(13)3/h6,9-13H,5,7-8H2,1-4H3. The maximum Gasteiger partial charge on any atom is -0.0177 e. The van der Waals surface area contributed by atoms with E-state index < -0.39 is 0 Å². The molecule has 0 saturated carbocycles. The van der Waals surface area contributed by atoms with Gasteiger partial charge in [0.05, 0.1) is 0 Å². The minimum Gasteiger partial charge on any atom is -0.0880 e. The van der Waals surface area contributed by atoms with Crippen molar-refractivity contribution in [3.05, 3.63) is 12.2 Å². The van der Waals surface area contributed by atoms with Crippen molar-refractivity contribution in [1.82, 2.24) is 0 Å². The van der Waals surface area contributed by atoms with Crippen LogP contribution in [0.25, 0.3) is 0 Å². The first kappa shape index (κ1) is 10.8. The molecule has 0 spiro atoms. The summed E-state index contributed by atoms with van der Waals surface area (Å²) in [5.41, 5.74) is 0. The lowest BCUT2D eigenvalue weighted by Crippen LogP contribution is -2.20. The van der Waals surface area contributed by atoms with Crippen LogP contribution in [-0.2, 0) is 0 Å². The maximum absolute atomic E-state index is 2.45. The number of allylic oxidation sites excluding steroid dienone is 2. The van der Waals surface area contributed by atoms with Crippen molar-refractivity contribution in [3.63, 3.8) is 0 Å². The van der Waals surface area contributed by atoms with E-state index in [-0.39, 0.29) is 0 Å². The summed E-state index contributed by atoms with van der Waals surface area (Å²) in [5, 5.41) is 0. The van der Waals surface area contributed by atoms with E-state index in [0.29, 0.717) is 0 Å². The highest BCUT2D eigenvalue weighted by molar-refractivity contribution is 5.02. The van der Waals surface area contributed by atoms with Gasteiger partial charge in [-0.2, -0.15) is 0 Å². The van der Waals surface area contributed by atoms with Gasteiger partial charge >= 0.3 is 0 Å². The molecule has 0 aliphatic heterocycles. The Labute approximate surface area is 83.4 Å². The lowest BCUT2D eigenvalue weighted by Gasteiger charge is -2.28. The first-order valence-electron chi connectivity index (χ1n) is 5.83. The van der Waals surface area contributed by atoms with Gasteiger partial charge in [-0.1, -0.05) is 52.7 Å². The summed E-state index contributed by atoms with van der Waals surface area (Å²) in [6, 6.07) is 0. The van der Waals surface area contributed by atoms with Crippen molar-refractivity contribution >= 4 is 0 Å². The largest absolute Gasteiger partial charge is 0.0880 e. The second kappa shape index (κ2) is 4.83. The number of rotatable bonds is 4. The van der Waals surface area contributed by atoms with Crippen molar-refractivity contribution in [3.8, 4) is 0 Å². The quantitative estimate of drug-likeness (QED) is 0.567. The fraction of sp³-hybridized carbons (Fsp3) is 0.846. The van der Waals surface area contributed by atoms with Gasteiger partial charge in [-0.05, 0) is 30.1 Å². The monoisotopic (exact) mass is 180 g/mol. The molecule has 0 aromatic carbocycles. The third-order valence-corrected chi connectivity index (χ3v) is 3.77. The summed E-state index contributed by atoms with van der Waals surface area (Å²) in [4.78, 5) is 0. The second-order valence-electron chi connectivity index (χ2n) is 4.84. The molecule has 76 valence electrons.